The van der Waals surface area contributed by atoms with Crippen LogP contribution in [-0.2, 0) is 21.4 Å². The van der Waals surface area contributed by atoms with Crippen molar-refractivity contribution in [1.29, 1.82) is 0 Å². The second kappa shape index (κ2) is 6.94. The molecule has 2 atom stereocenters. The van der Waals surface area contributed by atoms with Crippen molar-refractivity contribution in [1.82, 2.24) is 25.1 Å². The molecule has 2 aliphatic heterocycles. The zero-order valence-electron chi connectivity index (χ0n) is 16.1. The van der Waals surface area contributed by atoms with E-state index in [-0.39, 0.29) is 18.2 Å². The van der Waals surface area contributed by atoms with E-state index < -0.39 is 17.1 Å². The minimum absolute atomic E-state index is 0.0931. The summed E-state index contributed by atoms with van der Waals surface area (Å²) in [7, 11) is 0. The lowest BCUT2D eigenvalue weighted by Gasteiger charge is -2.34. The lowest BCUT2D eigenvalue weighted by Crippen LogP contribution is -2.42. The highest BCUT2D eigenvalue weighted by molar-refractivity contribution is 6.07. The smallest absolute Gasteiger partial charge is 0.334 e. The topological polar surface area (TPSA) is 124 Å². The van der Waals surface area contributed by atoms with Crippen molar-refractivity contribution in [2.75, 3.05) is 11.9 Å². The number of aromatic amines is 2. The molecule has 0 bridgehead atoms. The number of carbonyl (C=O) groups excluding carboxylic acids is 2. The van der Waals surface area contributed by atoms with Crippen LogP contribution >= 0.6 is 0 Å². The Labute approximate surface area is 171 Å². The van der Waals surface area contributed by atoms with Crippen molar-refractivity contribution >= 4 is 17.5 Å². The van der Waals surface area contributed by atoms with Gasteiger partial charge in [-0.3, -0.25) is 19.6 Å². The van der Waals surface area contributed by atoms with Gasteiger partial charge < -0.3 is 10.2 Å². The molecular weight excluding hydrogens is 384 g/mol. The van der Waals surface area contributed by atoms with E-state index in [1.807, 2.05) is 36.4 Å². The van der Waals surface area contributed by atoms with E-state index in [1.54, 1.807) is 17.3 Å². The van der Waals surface area contributed by atoms with E-state index in [4.69, 9.17) is 0 Å². The second-order valence-electron chi connectivity index (χ2n) is 7.62. The molecule has 1 saturated heterocycles. The van der Waals surface area contributed by atoms with Gasteiger partial charge in [-0.25, -0.2) is 9.89 Å². The Morgan fingerprint density at radius 1 is 1.20 bits per heavy atom. The van der Waals surface area contributed by atoms with Gasteiger partial charge in [-0.05, 0) is 29.7 Å². The molecule has 3 N–H and O–H groups in total. The fourth-order valence-electron chi connectivity index (χ4n) is 4.75. The first-order valence-corrected chi connectivity index (χ1v) is 9.83. The van der Waals surface area contributed by atoms with Gasteiger partial charge in [-0.15, -0.1) is 0 Å². The van der Waals surface area contributed by atoms with Crippen molar-refractivity contribution in [3.63, 3.8) is 0 Å². The van der Waals surface area contributed by atoms with Gasteiger partial charge in [0.25, 0.3) is 0 Å². The van der Waals surface area contributed by atoms with E-state index in [0.717, 1.165) is 16.8 Å². The molecule has 0 aliphatic carbocycles. The van der Waals surface area contributed by atoms with Crippen LogP contribution in [0.15, 0.2) is 53.6 Å². The van der Waals surface area contributed by atoms with E-state index in [1.165, 1.54) is 0 Å². The quantitative estimate of drug-likeness (QED) is 0.604. The summed E-state index contributed by atoms with van der Waals surface area (Å²) in [5, 5.41) is 9.17. The van der Waals surface area contributed by atoms with Crippen molar-refractivity contribution in [2.45, 2.75) is 30.7 Å². The van der Waals surface area contributed by atoms with Crippen LogP contribution in [0.5, 0.6) is 0 Å². The molecule has 0 saturated carbocycles. The van der Waals surface area contributed by atoms with Crippen LogP contribution in [0.1, 0.15) is 35.8 Å². The van der Waals surface area contributed by atoms with Crippen molar-refractivity contribution in [3.8, 4) is 0 Å². The van der Waals surface area contributed by atoms with Crippen LogP contribution in [0.2, 0.25) is 0 Å². The first-order chi connectivity index (χ1) is 14.6. The van der Waals surface area contributed by atoms with Crippen LogP contribution in [0.25, 0.3) is 0 Å². The van der Waals surface area contributed by atoms with E-state index in [0.29, 0.717) is 25.2 Å². The van der Waals surface area contributed by atoms with Gasteiger partial charge in [0.1, 0.15) is 11.2 Å². The van der Waals surface area contributed by atoms with Crippen LogP contribution in [0, 0.1) is 0 Å². The summed E-state index contributed by atoms with van der Waals surface area (Å²) in [6.45, 7) is 0.456. The summed E-state index contributed by atoms with van der Waals surface area (Å²) >= 11 is 0. The molecule has 2 amide bonds. The number of fused-ring (bicyclic) bond motifs is 2. The maximum Gasteiger partial charge on any atom is 0.340 e. The maximum absolute atomic E-state index is 13.3. The number of anilines is 1. The molecular formula is C21H20N6O3. The zero-order chi connectivity index (χ0) is 20.7. The van der Waals surface area contributed by atoms with Crippen molar-refractivity contribution in [2.24, 2.45) is 0 Å². The van der Waals surface area contributed by atoms with Gasteiger partial charge in [0.2, 0.25) is 11.8 Å². The van der Waals surface area contributed by atoms with E-state index in [2.05, 4.69) is 25.5 Å². The molecule has 2 unspecified atom stereocenters. The number of aryl methyl sites for hydroxylation is 1. The standard InChI is InChI=1S/C21H20N6O3/c28-17(8-7-16-24-20(30)26-25-16)27-11-9-21(18(27)13-4-3-10-22-12-13)14-5-1-2-6-15(14)23-19(21)29/h1-6,10,12,18H,7-9,11H2,(H,23,29)(H2,24,25,26,30). The van der Waals surface area contributed by atoms with Gasteiger partial charge in [-0.1, -0.05) is 24.3 Å². The molecule has 0 radical (unpaired) electrons. The number of H-pyrrole nitrogens is 2. The minimum Gasteiger partial charge on any atom is -0.334 e. The largest absolute Gasteiger partial charge is 0.340 e. The van der Waals surface area contributed by atoms with E-state index >= 15 is 0 Å². The average molecular weight is 404 g/mol. The monoisotopic (exact) mass is 404 g/mol. The molecule has 152 valence electrons. The Hall–Kier alpha value is -3.75. The number of nitrogens with one attached hydrogen (secondary N) is 3. The van der Waals surface area contributed by atoms with Crippen molar-refractivity contribution in [3.05, 3.63) is 76.2 Å². The number of hydrogen-bond acceptors (Lipinski definition) is 5. The SMILES string of the molecule is O=C(CCc1n[nH]c(=O)[nH]1)N1CCC2(C(=O)Nc3ccccc32)C1c1cccnc1. The fourth-order valence-corrected chi connectivity index (χ4v) is 4.75. The summed E-state index contributed by atoms with van der Waals surface area (Å²) in [5.41, 5.74) is 1.28. The average Bonchev–Trinajstić information content (AvgIpc) is 3.44. The molecule has 9 nitrogen and oxygen atoms in total. The summed E-state index contributed by atoms with van der Waals surface area (Å²) < 4.78 is 0. The Morgan fingerprint density at radius 3 is 2.83 bits per heavy atom. The molecule has 1 spiro atoms. The molecule has 2 aliphatic rings. The number of rotatable bonds is 4. The van der Waals surface area contributed by atoms with Crippen LogP contribution in [0.3, 0.4) is 0 Å². The van der Waals surface area contributed by atoms with Crippen LogP contribution in [0.4, 0.5) is 5.69 Å². The number of hydrogen-bond donors (Lipinski definition) is 3. The van der Waals surface area contributed by atoms with Gasteiger partial charge in [0.15, 0.2) is 0 Å². The molecule has 30 heavy (non-hydrogen) atoms. The fraction of sp³-hybridized carbons (Fsp3) is 0.286. The van der Waals surface area contributed by atoms with Gasteiger partial charge in [0, 0.05) is 37.5 Å². The molecule has 5 rings (SSSR count). The summed E-state index contributed by atoms with van der Waals surface area (Å²) in [6, 6.07) is 10.9. The third-order valence-corrected chi connectivity index (χ3v) is 6.03. The highest BCUT2D eigenvalue weighted by Crippen LogP contribution is 2.54. The lowest BCUT2D eigenvalue weighted by atomic mass is 9.73. The number of para-hydroxylation sites is 1. The Morgan fingerprint density at radius 2 is 2.07 bits per heavy atom. The molecule has 2 aromatic heterocycles. The summed E-state index contributed by atoms with van der Waals surface area (Å²) in [5.74, 6) is 0.246. The normalized spacial score (nSPS) is 22.3. The maximum atomic E-state index is 13.3. The number of aromatic nitrogens is 4. The summed E-state index contributed by atoms with van der Waals surface area (Å²) in [4.78, 5) is 46.3. The number of carbonyl (C=O) groups is 2. The first kappa shape index (κ1) is 18.3. The molecule has 1 aromatic carbocycles. The highest BCUT2D eigenvalue weighted by atomic mass is 16.2. The second-order valence-corrected chi connectivity index (χ2v) is 7.62. The highest BCUT2D eigenvalue weighted by Gasteiger charge is 2.59. The van der Waals surface area contributed by atoms with Crippen LogP contribution < -0.4 is 11.0 Å². The molecule has 9 heteroatoms. The zero-order valence-corrected chi connectivity index (χ0v) is 16.1. The molecule has 4 heterocycles. The molecule has 3 aromatic rings. The number of pyridine rings is 1. The predicted molar refractivity (Wildman–Crippen MR) is 108 cm³/mol. The predicted octanol–water partition coefficient (Wildman–Crippen LogP) is 1.29. The summed E-state index contributed by atoms with van der Waals surface area (Å²) in [6.07, 6.45) is 4.41. The lowest BCUT2D eigenvalue weighted by molar-refractivity contribution is -0.133. The Balaban J connectivity index is 1.52. The Kier molecular flexibility index (Phi) is 4.23. The van der Waals surface area contributed by atoms with Gasteiger partial charge >= 0.3 is 5.69 Å². The van der Waals surface area contributed by atoms with Gasteiger partial charge in [0.05, 0.1) is 6.04 Å². The first-order valence-electron chi connectivity index (χ1n) is 9.83. The number of likely N-dealkylation sites (tertiary alicyclic amines) is 1. The van der Waals surface area contributed by atoms with Crippen molar-refractivity contribution < 1.29 is 9.59 Å². The third-order valence-electron chi connectivity index (χ3n) is 6.03. The minimum atomic E-state index is -0.851. The third kappa shape index (κ3) is 2.73. The number of nitrogens with zero attached hydrogens (tertiary/aromatic N) is 3. The number of benzene rings is 1. The van der Waals surface area contributed by atoms with Crippen LogP contribution in [-0.4, -0.2) is 43.4 Å². The molecule has 1 fully saturated rings. The Bertz CT molecular complexity index is 1170. The van der Waals surface area contributed by atoms with Gasteiger partial charge in [-0.2, -0.15) is 5.10 Å². The van der Waals surface area contributed by atoms with E-state index in [9.17, 15) is 14.4 Å². The number of amides is 2.